The lowest BCUT2D eigenvalue weighted by Gasteiger charge is -1.97. The second kappa shape index (κ2) is 2.57. The van der Waals surface area contributed by atoms with Crippen LogP contribution in [-0.4, -0.2) is 20.6 Å². The van der Waals surface area contributed by atoms with Gasteiger partial charge >= 0.3 is 5.97 Å². The van der Waals surface area contributed by atoms with Crippen LogP contribution in [0, 0.1) is 6.92 Å². The number of hydrogen-bond donors (Lipinski definition) is 1. The summed E-state index contributed by atoms with van der Waals surface area (Å²) in [5, 5.41) is 8.60. The van der Waals surface area contributed by atoms with Crippen LogP contribution < -0.4 is 0 Å². The molecule has 4 nitrogen and oxygen atoms in total. The van der Waals surface area contributed by atoms with Crippen LogP contribution in [0.25, 0.3) is 6.20 Å². The zero-order chi connectivity index (χ0) is 8.43. The summed E-state index contributed by atoms with van der Waals surface area (Å²) in [6.07, 6.45) is 2.73. The number of hydrogen-bond acceptors (Lipinski definition) is 2. The average molecular weight is 152 g/mol. The molecular formula is C7H8N2O2. The number of carboxylic acid groups (broad SMARTS) is 1. The van der Waals surface area contributed by atoms with Crippen molar-refractivity contribution in [1.82, 2.24) is 9.55 Å². The first-order chi connectivity index (χ1) is 5.16. The Balaban J connectivity index is 3.26. The maximum absolute atomic E-state index is 10.5. The standard InChI is InChI=1S/C7H8N2O2/c1-3-9-5(2)8-4-6(9)7(10)11/h3-4H,1H2,2H3,(H,10,11). The number of carbonyl (C=O) groups is 1. The molecule has 0 aliphatic heterocycles. The van der Waals surface area contributed by atoms with Gasteiger partial charge in [-0.2, -0.15) is 0 Å². The second-order valence-corrected chi connectivity index (χ2v) is 2.05. The maximum atomic E-state index is 10.5. The molecule has 11 heavy (non-hydrogen) atoms. The van der Waals surface area contributed by atoms with Crippen LogP contribution in [0.1, 0.15) is 16.3 Å². The Morgan fingerprint density at radius 1 is 1.91 bits per heavy atom. The molecule has 0 saturated carbocycles. The summed E-state index contributed by atoms with van der Waals surface area (Å²) < 4.78 is 1.42. The molecule has 0 bridgehead atoms. The minimum Gasteiger partial charge on any atom is -0.477 e. The highest BCUT2D eigenvalue weighted by Crippen LogP contribution is 2.03. The van der Waals surface area contributed by atoms with E-state index in [9.17, 15) is 4.79 Å². The van der Waals surface area contributed by atoms with Crippen LogP contribution in [0.5, 0.6) is 0 Å². The number of aromatic nitrogens is 2. The van der Waals surface area contributed by atoms with Gasteiger partial charge in [0.15, 0.2) is 5.69 Å². The van der Waals surface area contributed by atoms with Crippen LogP contribution in [-0.2, 0) is 0 Å². The average Bonchev–Trinajstić information content (AvgIpc) is 2.30. The molecule has 0 atom stereocenters. The van der Waals surface area contributed by atoms with E-state index in [1.807, 2.05) is 0 Å². The first-order valence-electron chi connectivity index (χ1n) is 3.06. The summed E-state index contributed by atoms with van der Waals surface area (Å²) in [5.41, 5.74) is 0.137. The van der Waals surface area contributed by atoms with Gasteiger partial charge in [-0.15, -0.1) is 0 Å². The van der Waals surface area contributed by atoms with Crippen molar-refractivity contribution in [2.45, 2.75) is 6.92 Å². The smallest absolute Gasteiger partial charge is 0.354 e. The molecule has 1 N–H and O–H groups in total. The molecule has 0 aliphatic rings. The summed E-state index contributed by atoms with van der Waals surface area (Å²) in [6, 6.07) is 0. The van der Waals surface area contributed by atoms with Crippen molar-refractivity contribution in [3.05, 3.63) is 24.3 Å². The van der Waals surface area contributed by atoms with Gasteiger partial charge in [0.1, 0.15) is 5.82 Å². The van der Waals surface area contributed by atoms with Gasteiger partial charge in [0.05, 0.1) is 6.20 Å². The summed E-state index contributed by atoms with van der Waals surface area (Å²) >= 11 is 0. The maximum Gasteiger partial charge on any atom is 0.354 e. The fraction of sp³-hybridized carbons (Fsp3) is 0.143. The van der Waals surface area contributed by atoms with Crippen LogP contribution in [0.15, 0.2) is 12.8 Å². The largest absolute Gasteiger partial charge is 0.477 e. The van der Waals surface area contributed by atoms with Gasteiger partial charge in [-0.1, -0.05) is 6.58 Å². The van der Waals surface area contributed by atoms with Crippen molar-refractivity contribution in [2.24, 2.45) is 0 Å². The Bertz CT molecular complexity index is 301. The third-order valence-corrected chi connectivity index (χ3v) is 1.38. The highest BCUT2D eigenvalue weighted by Gasteiger charge is 2.09. The van der Waals surface area contributed by atoms with Gasteiger partial charge in [0.25, 0.3) is 0 Å². The number of aryl methyl sites for hydroxylation is 1. The van der Waals surface area contributed by atoms with Crippen molar-refractivity contribution in [3.8, 4) is 0 Å². The van der Waals surface area contributed by atoms with Gasteiger partial charge in [-0.3, -0.25) is 4.57 Å². The predicted octanol–water partition coefficient (Wildman–Crippen LogP) is 0.990. The molecule has 0 unspecified atom stereocenters. The fourth-order valence-corrected chi connectivity index (χ4v) is 0.842. The molecule has 1 rings (SSSR count). The number of aromatic carboxylic acids is 1. The topological polar surface area (TPSA) is 55.1 Å². The zero-order valence-electron chi connectivity index (χ0n) is 6.11. The van der Waals surface area contributed by atoms with Crippen molar-refractivity contribution >= 4 is 12.2 Å². The van der Waals surface area contributed by atoms with Crippen LogP contribution in [0.4, 0.5) is 0 Å². The van der Waals surface area contributed by atoms with E-state index in [1.165, 1.54) is 17.0 Å². The highest BCUT2D eigenvalue weighted by atomic mass is 16.4. The van der Waals surface area contributed by atoms with Crippen molar-refractivity contribution in [3.63, 3.8) is 0 Å². The minimum absolute atomic E-state index is 0.137. The summed E-state index contributed by atoms with van der Waals surface area (Å²) in [6.45, 7) is 5.18. The third kappa shape index (κ3) is 1.14. The molecule has 0 spiro atoms. The van der Waals surface area contributed by atoms with E-state index in [-0.39, 0.29) is 5.69 Å². The summed E-state index contributed by atoms with van der Waals surface area (Å²) in [7, 11) is 0. The first kappa shape index (κ1) is 7.53. The Morgan fingerprint density at radius 3 is 2.91 bits per heavy atom. The summed E-state index contributed by atoms with van der Waals surface area (Å²) in [5.74, 6) is -0.372. The van der Waals surface area contributed by atoms with Crippen molar-refractivity contribution < 1.29 is 9.90 Å². The van der Waals surface area contributed by atoms with Gasteiger partial charge in [-0.25, -0.2) is 9.78 Å². The Morgan fingerprint density at radius 2 is 2.55 bits per heavy atom. The monoisotopic (exact) mass is 152 g/mol. The van der Waals surface area contributed by atoms with Crippen LogP contribution >= 0.6 is 0 Å². The molecule has 1 heterocycles. The molecule has 58 valence electrons. The van der Waals surface area contributed by atoms with E-state index in [1.54, 1.807) is 6.92 Å². The molecule has 0 amide bonds. The van der Waals surface area contributed by atoms with Crippen LogP contribution in [0.3, 0.4) is 0 Å². The lowest BCUT2D eigenvalue weighted by atomic mass is 10.5. The molecule has 0 aromatic carbocycles. The predicted molar refractivity (Wildman–Crippen MR) is 40.3 cm³/mol. The van der Waals surface area contributed by atoms with Gasteiger partial charge < -0.3 is 5.11 Å². The highest BCUT2D eigenvalue weighted by molar-refractivity contribution is 5.86. The van der Waals surface area contributed by atoms with E-state index in [4.69, 9.17) is 5.11 Å². The van der Waals surface area contributed by atoms with Gasteiger partial charge in [-0.05, 0) is 6.92 Å². The van der Waals surface area contributed by atoms with E-state index in [0.717, 1.165) is 0 Å². The van der Waals surface area contributed by atoms with E-state index >= 15 is 0 Å². The molecule has 1 aromatic heterocycles. The number of imidazole rings is 1. The number of nitrogens with zero attached hydrogens (tertiary/aromatic N) is 2. The second-order valence-electron chi connectivity index (χ2n) is 2.05. The molecule has 0 aliphatic carbocycles. The normalized spacial score (nSPS) is 9.55. The molecular weight excluding hydrogens is 144 g/mol. The van der Waals surface area contributed by atoms with Crippen LogP contribution in [0.2, 0.25) is 0 Å². The minimum atomic E-state index is -0.995. The third-order valence-electron chi connectivity index (χ3n) is 1.38. The SMILES string of the molecule is C=Cn1c(C(=O)O)cnc1C. The molecule has 4 heteroatoms. The fourth-order valence-electron chi connectivity index (χ4n) is 0.842. The van der Waals surface area contributed by atoms with Crippen molar-refractivity contribution in [1.29, 1.82) is 0 Å². The molecule has 1 aromatic rings. The number of carboxylic acids is 1. The Hall–Kier alpha value is -1.58. The lowest BCUT2D eigenvalue weighted by Crippen LogP contribution is -2.03. The molecule has 0 radical (unpaired) electrons. The molecule has 0 fully saturated rings. The zero-order valence-corrected chi connectivity index (χ0v) is 6.11. The molecule has 0 saturated heterocycles. The van der Waals surface area contributed by atoms with E-state index in [0.29, 0.717) is 5.82 Å². The number of rotatable bonds is 2. The van der Waals surface area contributed by atoms with Gasteiger partial charge in [0, 0.05) is 6.20 Å². The quantitative estimate of drug-likeness (QED) is 0.687. The Kier molecular flexibility index (Phi) is 1.76. The van der Waals surface area contributed by atoms with E-state index in [2.05, 4.69) is 11.6 Å². The Labute approximate surface area is 63.8 Å². The van der Waals surface area contributed by atoms with Gasteiger partial charge in [0.2, 0.25) is 0 Å². The lowest BCUT2D eigenvalue weighted by molar-refractivity contribution is 0.0688. The summed E-state index contributed by atoms with van der Waals surface area (Å²) in [4.78, 5) is 14.3. The first-order valence-corrected chi connectivity index (χ1v) is 3.06. The van der Waals surface area contributed by atoms with Crippen molar-refractivity contribution in [2.75, 3.05) is 0 Å². The van der Waals surface area contributed by atoms with E-state index < -0.39 is 5.97 Å².